The molecule has 1 amide bonds. The Morgan fingerprint density at radius 3 is 2.30 bits per heavy atom. The number of hydrogen-bond acceptors (Lipinski definition) is 6. The summed E-state index contributed by atoms with van der Waals surface area (Å²) in [4.78, 5) is 14.6. The molecule has 1 saturated heterocycles. The van der Waals surface area contributed by atoms with Crippen LogP contribution in [0.5, 0.6) is 0 Å². The molecule has 1 N–H and O–H groups in total. The van der Waals surface area contributed by atoms with E-state index in [-0.39, 0.29) is 26.1 Å². The molecule has 1 fully saturated rings. The van der Waals surface area contributed by atoms with Crippen molar-refractivity contribution in [3.8, 4) is 0 Å². The number of nitrogens with one attached hydrogen (secondary N) is 1. The van der Waals surface area contributed by atoms with Crippen molar-refractivity contribution < 1.29 is 21.6 Å². The van der Waals surface area contributed by atoms with Gasteiger partial charge < -0.3 is 10.2 Å². The molecule has 11 heteroatoms. The number of amides is 1. The van der Waals surface area contributed by atoms with Gasteiger partial charge in [-0.25, -0.2) is 16.8 Å². The Morgan fingerprint density at radius 1 is 1.00 bits per heavy atom. The van der Waals surface area contributed by atoms with Gasteiger partial charge in [0.15, 0.2) is 9.84 Å². The van der Waals surface area contributed by atoms with Crippen LogP contribution in [0.2, 0.25) is 5.02 Å². The minimum absolute atomic E-state index is 0.0225. The molecule has 0 aromatic heterocycles. The second-order valence-electron chi connectivity index (χ2n) is 7.11. The first kappa shape index (κ1) is 22.7. The van der Waals surface area contributed by atoms with E-state index in [0.717, 1.165) is 6.26 Å². The highest BCUT2D eigenvalue weighted by atomic mass is 35.5. The third kappa shape index (κ3) is 5.01. The van der Waals surface area contributed by atoms with E-state index in [1.54, 1.807) is 12.1 Å². The predicted octanol–water partition coefficient (Wildman–Crippen LogP) is 1.93. The lowest BCUT2D eigenvalue weighted by atomic mass is 10.2. The first-order valence-electron chi connectivity index (χ1n) is 9.08. The first-order chi connectivity index (χ1) is 14.0. The largest absolute Gasteiger partial charge is 0.322 e. The molecule has 0 atom stereocenters. The summed E-state index contributed by atoms with van der Waals surface area (Å²) in [5.41, 5.74) is 0.373. The van der Waals surface area contributed by atoms with E-state index in [1.165, 1.54) is 34.6 Å². The summed E-state index contributed by atoms with van der Waals surface area (Å²) in [5, 5.41) is 2.63. The van der Waals surface area contributed by atoms with Crippen molar-refractivity contribution in [2.45, 2.75) is 9.79 Å². The molecule has 2 aromatic carbocycles. The maximum atomic E-state index is 12.9. The van der Waals surface area contributed by atoms with Crippen LogP contribution in [0.15, 0.2) is 52.3 Å². The molecular formula is C19H22ClN3O5S2. The Labute approximate surface area is 181 Å². The summed E-state index contributed by atoms with van der Waals surface area (Å²) in [6, 6.07) is 9.90. The highest BCUT2D eigenvalue weighted by Crippen LogP contribution is 2.24. The Balaban J connectivity index is 1.83. The average molecular weight is 472 g/mol. The molecule has 0 unspecified atom stereocenters. The van der Waals surface area contributed by atoms with Crippen LogP contribution in [0.1, 0.15) is 10.4 Å². The Hall–Kier alpha value is -1.98. The van der Waals surface area contributed by atoms with Crippen molar-refractivity contribution in [3.63, 3.8) is 0 Å². The van der Waals surface area contributed by atoms with Gasteiger partial charge >= 0.3 is 0 Å². The number of piperazine rings is 1. The molecule has 162 valence electrons. The summed E-state index contributed by atoms with van der Waals surface area (Å²) >= 11 is 5.91. The van der Waals surface area contributed by atoms with Crippen LogP contribution >= 0.6 is 11.6 Å². The zero-order valence-corrected chi connectivity index (χ0v) is 18.9. The Bertz CT molecular complexity index is 1170. The van der Waals surface area contributed by atoms with Crippen molar-refractivity contribution in [3.05, 3.63) is 53.1 Å². The zero-order chi connectivity index (χ0) is 22.1. The number of sulfonamides is 1. The van der Waals surface area contributed by atoms with E-state index in [1.807, 2.05) is 7.05 Å². The van der Waals surface area contributed by atoms with E-state index >= 15 is 0 Å². The number of nitrogens with zero attached hydrogens (tertiary/aromatic N) is 2. The van der Waals surface area contributed by atoms with Crippen molar-refractivity contribution >= 4 is 43.1 Å². The number of hydrogen-bond donors (Lipinski definition) is 1. The van der Waals surface area contributed by atoms with Gasteiger partial charge in [-0.15, -0.1) is 0 Å². The van der Waals surface area contributed by atoms with E-state index < -0.39 is 25.8 Å². The monoisotopic (exact) mass is 471 g/mol. The van der Waals surface area contributed by atoms with Crippen LogP contribution in [-0.4, -0.2) is 71.4 Å². The molecule has 8 nitrogen and oxygen atoms in total. The molecule has 30 heavy (non-hydrogen) atoms. The fourth-order valence-electron chi connectivity index (χ4n) is 3.04. The summed E-state index contributed by atoms with van der Waals surface area (Å²) in [6.45, 7) is 2.09. The quantitative estimate of drug-likeness (QED) is 0.714. The fourth-order valence-corrected chi connectivity index (χ4v) is 5.81. The number of anilines is 1. The topological polar surface area (TPSA) is 104 Å². The summed E-state index contributed by atoms with van der Waals surface area (Å²) in [7, 11) is -5.35. The van der Waals surface area contributed by atoms with Gasteiger partial charge in [-0.05, 0) is 43.4 Å². The van der Waals surface area contributed by atoms with Gasteiger partial charge in [0.25, 0.3) is 5.91 Å². The van der Waals surface area contributed by atoms with Crippen LogP contribution < -0.4 is 5.32 Å². The van der Waals surface area contributed by atoms with Gasteiger partial charge in [0.2, 0.25) is 10.0 Å². The maximum Gasteiger partial charge on any atom is 0.255 e. The van der Waals surface area contributed by atoms with Crippen molar-refractivity contribution in [2.24, 2.45) is 0 Å². The highest BCUT2D eigenvalue weighted by Gasteiger charge is 2.27. The minimum atomic E-state index is -3.68. The van der Waals surface area contributed by atoms with Crippen LogP contribution in [-0.2, 0) is 19.9 Å². The van der Waals surface area contributed by atoms with E-state index in [9.17, 15) is 21.6 Å². The van der Waals surface area contributed by atoms with Crippen LogP contribution in [0.25, 0.3) is 0 Å². The molecule has 0 aliphatic carbocycles. The van der Waals surface area contributed by atoms with Crippen molar-refractivity contribution in [2.75, 3.05) is 44.8 Å². The second kappa shape index (κ2) is 8.64. The normalized spacial score (nSPS) is 16.4. The highest BCUT2D eigenvalue weighted by molar-refractivity contribution is 7.90. The van der Waals surface area contributed by atoms with Crippen molar-refractivity contribution in [1.29, 1.82) is 0 Å². The van der Waals surface area contributed by atoms with Gasteiger partial charge in [-0.1, -0.05) is 17.7 Å². The molecule has 0 spiro atoms. The molecule has 0 saturated carbocycles. The number of halogens is 1. The van der Waals surface area contributed by atoms with E-state index in [2.05, 4.69) is 10.2 Å². The maximum absolute atomic E-state index is 12.9. The zero-order valence-electron chi connectivity index (χ0n) is 16.5. The van der Waals surface area contributed by atoms with Crippen LogP contribution in [0.4, 0.5) is 5.69 Å². The first-order valence-corrected chi connectivity index (χ1v) is 12.8. The number of carbonyl (C=O) groups is 1. The van der Waals surface area contributed by atoms with Crippen LogP contribution in [0, 0.1) is 0 Å². The summed E-state index contributed by atoms with van der Waals surface area (Å²) in [5.74, 6) is -0.578. The second-order valence-corrected chi connectivity index (χ2v) is 11.4. The molecule has 0 bridgehead atoms. The molecule has 3 rings (SSSR count). The lowest BCUT2D eigenvalue weighted by molar-refractivity contribution is 0.102. The lowest BCUT2D eigenvalue weighted by Crippen LogP contribution is -2.47. The Kier molecular flexibility index (Phi) is 6.54. The van der Waals surface area contributed by atoms with Gasteiger partial charge in [-0.3, -0.25) is 4.79 Å². The molecule has 1 heterocycles. The fraction of sp³-hybridized carbons (Fsp3) is 0.316. The van der Waals surface area contributed by atoms with Gasteiger partial charge in [0.1, 0.15) is 0 Å². The van der Waals surface area contributed by atoms with Gasteiger partial charge in [0.05, 0.1) is 14.8 Å². The third-order valence-corrected chi connectivity index (χ3v) is 8.26. The smallest absolute Gasteiger partial charge is 0.255 e. The van der Waals surface area contributed by atoms with Crippen molar-refractivity contribution in [1.82, 2.24) is 9.21 Å². The summed E-state index contributed by atoms with van der Waals surface area (Å²) < 4.78 is 50.9. The SMILES string of the molecule is CN1CCN(S(=O)(=O)c2cccc(NC(=O)c3ccc(Cl)c(S(C)(=O)=O)c3)c2)CC1. The molecular weight excluding hydrogens is 450 g/mol. The number of rotatable bonds is 5. The Morgan fingerprint density at radius 2 is 1.67 bits per heavy atom. The van der Waals surface area contributed by atoms with E-state index in [4.69, 9.17) is 11.6 Å². The molecule has 1 aliphatic rings. The minimum Gasteiger partial charge on any atom is -0.322 e. The predicted molar refractivity (Wildman–Crippen MR) is 115 cm³/mol. The van der Waals surface area contributed by atoms with Crippen LogP contribution in [0.3, 0.4) is 0 Å². The number of likely N-dealkylation sites (N-methyl/N-ethyl adjacent to an activating group) is 1. The molecule has 1 aliphatic heterocycles. The summed E-state index contributed by atoms with van der Waals surface area (Å²) in [6.07, 6.45) is 1.00. The van der Waals surface area contributed by atoms with Gasteiger partial charge in [0, 0.05) is 43.7 Å². The lowest BCUT2D eigenvalue weighted by Gasteiger charge is -2.31. The molecule has 0 radical (unpaired) electrons. The number of sulfone groups is 1. The number of benzene rings is 2. The van der Waals surface area contributed by atoms with Gasteiger partial charge in [-0.2, -0.15) is 4.31 Å². The standard InChI is InChI=1S/C19H22ClN3O5S2/c1-22-8-10-23(11-9-22)30(27,28)16-5-3-4-15(13-16)21-19(24)14-6-7-17(20)18(12-14)29(2,25)26/h3-7,12-13H,8-11H2,1-2H3,(H,21,24). The van der Waals surface area contributed by atoms with E-state index in [0.29, 0.717) is 26.2 Å². The molecule has 2 aromatic rings. The average Bonchev–Trinajstić information content (AvgIpc) is 2.68. The third-order valence-electron chi connectivity index (χ3n) is 4.78. The number of carbonyl (C=O) groups excluding carboxylic acids is 1.